The Balaban J connectivity index is 2.91. The smallest absolute Gasteiger partial charge is 0.186 e. The van der Waals surface area contributed by atoms with E-state index in [-0.39, 0.29) is 5.78 Å². The molecule has 0 saturated carbocycles. The van der Waals surface area contributed by atoms with Crippen molar-refractivity contribution >= 4 is 16.0 Å². The lowest BCUT2D eigenvalue weighted by atomic mass is 10.1. The van der Waals surface area contributed by atoms with E-state index < -0.39 is 5.22 Å². The van der Waals surface area contributed by atoms with Crippen LogP contribution in [0.5, 0.6) is 0 Å². The van der Waals surface area contributed by atoms with Gasteiger partial charge in [0, 0.05) is 0 Å². The molecule has 1 unspecified atom stereocenters. The lowest BCUT2D eigenvalue weighted by Crippen LogP contribution is -2.36. The van der Waals surface area contributed by atoms with Gasteiger partial charge in [-0.25, -0.2) is 0 Å². The monoisotopic (exact) mass is 137 g/mol. The first kappa shape index (κ1) is 6.45. The molecule has 1 rings (SSSR count). The van der Waals surface area contributed by atoms with Crippen molar-refractivity contribution in [2.24, 2.45) is 0 Å². The molecule has 0 heterocycles. The molecular formula is C6H5O2Si. The molecule has 0 bridgehead atoms. The highest BCUT2D eigenvalue weighted by Crippen LogP contribution is 2.07. The van der Waals surface area contributed by atoms with Crippen LogP contribution < -0.4 is 0 Å². The summed E-state index contributed by atoms with van der Waals surface area (Å²) in [6.45, 7) is 0. The van der Waals surface area contributed by atoms with Gasteiger partial charge in [0.25, 0.3) is 0 Å². The maximum Gasteiger partial charge on any atom is 0.186 e. The van der Waals surface area contributed by atoms with E-state index in [1.165, 1.54) is 12.2 Å². The van der Waals surface area contributed by atoms with Gasteiger partial charge in [-0.05, 0) is 12.2 Å². The first-order chi connectivity index (χ1) is 4.13. The zero-order valence-electron chi connectivity index (χ0n) is 4.66. The SMILES string of the molecule is O=C1C=CC=CC1(O)[Si]. The number of aliphatic hydroxyl groups is 1. The van der Waals surface area contributed by atoms with Gasteiger partial charge in [0.05, 0.1) is 10.2 Å². The lowest BCUT2D eigenvalue weighted by Gasteiger charge is -2.16. The van der Waals surface area contributed by atoms with E-state index in [0.717, 1.165) is 0 Å². The Morgan fingerprint density at radius 2 is 2.22 bits per heavy atom. The molecule has 3 heteroatoms. The molecule has 1 aliphatic rings. The summed E-state index contributed by atoms with van der Waals surface area (Å²) in [5, 5.41) is 7.61. The second-order valence-electron chi connectivity index (χ2n) is 1.85. The normalized spacial score (nSPS) is 33.3. The quantitative estimate of drug-likeness (QED) is 0.459. The second-order valence-corrected chi connectivity index (χ2v) is 2.61. The Hall–Kier alpha value is -0.673. The largest absolute Gasteiger partial charge is 0.382 e. The highest BCUT2D eigenvalue weighted by molar-refractivity contribution is 6.31. The van der Waals surface area contributed by atoms with Crippen LogP contribution in [0.2, 0.25) is 0 Å². The van der Waals surface area contributed by atoms with E-state index in [1.807, 2.05) is 0 Å². The van der Waals surface area contributed by atoms with Crippen LogP contribution in [-0.4, -0.2) is 26.4 Å². The van der Waals surface area contributed by atoms with Crippen LogP contribution in [0.4, 0.5) is 0 Å². The van der Waals surface area contributed by atoms with Crippen LogP contribution >= 0.6 is 0 Å². The first-order valence-electron chi connectivity index (χ1n) is 2.51. The van der Waals surface area contributed by atoms with Crippen molar-refractivity contribution in [3.63, 3.8) is 0 Å². The summed E-state index contributed by atoms with van der Waals surface area (Å²) in [7, 11) is 2.88. The van der Waals surface area contributed by atoms with Gasteiger partial charge in [-0.1, -0.05) is 12.2 Å². The predicted molar refractivity (Wildman–Crippen MR) is 34.0 cm³/mol. The van der Waals surface area contributed by atoms with Gasteiger partial charge >= 0.3 is 0 Å². The minimum atomic E-state index is -1.46. The molecule has 0 aromatic rings. The second kappa shape index (κ2) is 1.93. The van der Waals surface area contributed by atoms with E-state index >= 15 is 0 Å². The number of hydrogen-bond donors (Lipinski definition) is 1. The zero-order valence-corrected chi connectivity index (χ0v) is 5.66. The molecule has 1 atom stereocenters. The number of carbonyl (C=O) groups is 1. The van der Waals surface area contributed by atoms with E-state index in [4.69, 9.17) is 5.11 Å². The van der Waals surface area contributed by atoms with Crippen molar-refractivity contribution in [2.75, 3.05) is 0 Å². The van der Waals surface area contributed by atoms with Crippen LogP contribution in [-0.2, 0) is 4.79 Å². The lowest BCUT2D eigenvalue weighted by molar-refractivity contribution is -0.122. The Bertz CT molecular complexity index is 191. The van der Waals surface area contributed by atoms with Crippen LogP contribution in [0.15, 0.2) is 24.3 Å². The maximum atomic E-state index is 10.7. The minimum absolute atomic E-state index is 0.346. The maximum absolute atomic E-state index is 10.7. The topological polar surface area (TPSA) is 37.3 Å². The van der Waals surface area contributed by atoms with Crippen molar-refractivity contribution in [2.45, 2.75) is 5.22 Å². The van der Waals surface area contributed by atoms with Crippen molar-refractivity contribution in [1.29, 1.82) is 0 Å². The van der Waals surface area contributed by atoms with Gasteiger partial charge in [-0.15, -0.1) is 0 Å². The molecule has 3 radical (unpaired) electrons. The predicted octanol–water partition coefficient (Wildman–Crippen LogP) is -0.461. The summed E-state index contributed by atoms with van der Waals surface area (Å²) in [4.78, 5) is 10.7. The zero-order chi connectivity index (χ0) is 6.91. The summed E-state index contributed by atoms with van der Waals surface area (Å²) >= 11 is 0. The third-order valence-electron chi connectivity index (χ3n) is 1.07. The van der Waals surface area contributed by atoms with Gasteiger partial charge in [0.15, 0.2) is 5.78 Å². The molecule has 45 valence electrons. The number of hydrogen-bond acceptors (Lipinski definition) is 2. The van der Waals surface area contributed by atoms with Gasteiger partial charge < -0.3 is 5.11 Å². The van der Waals surface area contributed by atoms with Crippen molar-refractivity contribution < 1.29 is 9.90 Å². The number of rotatable bonds is 0. The Morgan fingerprint density at radius 1 is 1.56 bits per heavy atom. The molecule has 0 aliphatic heterocycles. The molecule has 1 N–H and O–H groups in total. The molecule has 1 aliphatic carbocycles. The first-order valence-corrected chi connectivity index (χ1v) is 3.01. The number of allylic oxidation sites excluding steroid dienone is 2. The van der Waals surface area contributed by atoms with E-state index in [2.05, 4.69) is 10.2 Å². The Kier molecular flexibility index (Phi) is 1.38. The van der Waals surface area contributed by atoms with Crippen LogP contribution in [0.1, 0.15) is 0 Å². The third kappa shape index (κ3) is 1.17. The fraction of sp³-hybridized carbons (Fsp3) is 0.167. The van der Waals surface area contributed by atoms with E-state index in [9.17, 15) is 4.79 Å². The highest BCUT2D eigenvalue weighted by atomic mass is 28.1. The summed E-state index contributed by atoms with van der Waals surface area (Å²) < 4.78 is 0. The molecule has 0 aromatic carbocycles. The van der Waals surface area contributed by atoms with Gasteiger partial charge in [0.1, 0.15) is 5.22 Å². The fourth-order valence-corrected chi connectivity index (χ4v) is 0.727. The van der Waals surface area contributed by atoms with Gasteiger partial charge in [0.2, 0.25) is 0 Å². The molecular weight excluding hydrogens is 132 g/mol. The summed E-state index contributed by atoms with van der Waals surface area (Å²) in [5.41, 5.74) is 0. The summed E-state index contributed by atoms with van der Waals surface area (Å²) in [6.07, 6.45) is 5.88. The Labute approximate surface area is 56.3 Å². The van der Waals surface area contributed by atoms with Crippen LogP contribution in [0, 0.1) is 0 Å². The molecule has 9 heavy (non-hydrogen) atoms. The average molecular weight is 137 g/mol. The fourth-order valence-electron chi connectivity index (χ4n) is 0.547. The standard InChI is InChI=1S/C6H5O2Si/c7-5-3-1-2-4-6(5,8)9/h1-4,8H. The number of carbonyl (C=O) groups excluding carboxylic acids is 1. The van der Waals surface area contributed by atoms with E-state index in [0.29, 0.717) is 0 Å². The molecule has 0 aromatic heterocycles. The van der Waals surface area contributed by atoms with Crippen molar-refractivity contribution in [3.8, 4) is 0 Å². The highest BCUT2D eigenvalue weighted by Gasteiger charge is 2.25. The molecule has 0 fully saturated rings. The van der Waals surface area contributed by atoms with Crippen molar-refractivity contribution in [1.82, 2.24) is 0 Å². The summed E-state index contributed by atoms with van der Waals surface area (Å²) in [6, 6.07) is 0. The van der Waals surface area contributed by atoms with Crippen molar-refractivity contribution in [3.05, 3.63) is 24.3 Å². The number of ketones is 1. The molecule has 0 saturated heterocycles. The Morgan fingerprint density at radius 3 is 2.56 bits per heavy atom. The van der Waals surface area contributed by atoms with Crippen LogP contribution in [0.25, 0.3) is 0 Å². The minimum Gasteiger partial charge on any atom is -0.382 e. The van der Waals surface area contributed by atoms with Crippen LogP contribution in [0.3, 0.4) is 0 Å². The van der Waals surface area contributed by atoms with Gasteiger partial charge in [-0.3, -0.25) is 4.79 Å². The average Bonchev–Trinajstić information content (AvgIpc) is 1.77. The third-order valence-corrected chi connectivity index (χ3v) is 1.48. The molecule has 2 nitrogen and oxygen atoms in total. The van der Waals surface area contributed by atoms with E-state index in [1.54, 1.807) is 12.2 Å². The molecule has 0 amide bonds. The summed E-state index contributed by atoms with van der Waals surface area (Å²) in [5.74, 6) is -0.346. The molecule has 0 spiro atoms. The van der Waals surface area contributed by atoms with Gasteiger partial charge in [-0.2, -0.15) is 0 Å².